The minimum atomic E-state index is -0.308. The number of carbonyl (C=O) groups is 2. The minimum Gasteiger partial charge on any atom is -0.469 e. The largest absolute Gasteiger partial charge is 0.469 e. The number of rotatable bonds is 9. The van der Waals surface area contributed by atoms with Gasteiger partial charge in [-0.3, -0.25) is 9.59 Å². The number of aryl methyl sites for hydroxylation is 4. The summed E-state index contributed by atoms with van der Waals surface area (Å²) in [6.45, 7) is 12.6. The van der Waals surface area contributed by atoms with Gasteiger partial charge in [0, 0.05) is 57.5 Å². The van der Waals surface area contributed by atoms with Gasteiger partial charge in [-0.05, 0) is 122 Å². The molecule has 3 aromatic rings. The average molecular weight is 704 g/mol. The molecule has 0 fully saturated rings. The van der Waals surface area contributed by atoms with Crippen LogP contribution in [0.15, 0.2) is 24.3 Å². The van der Waals surface area contributed by atoms with Gasteiger partial charge in [-0.1, -0.05) is 13.8 Å². The number of carbonyl (C=O) groups excluding carboxylic acids is 2. The molecular weight excluding hydrogens is 661 g/mol. The van der Waals surface area contributed by atoms with Crippen molar-refractivity contribution in [3.63, 3.8) is 0 Å². The first-order chi connectivity index (χ1) is 23.1. The number of H-pyrrole nitrogens is 2. The normalized spacial score (nSPS) is 12.7. The molecule has 258 valence electrons. The van der Waals surface area contributed by atoms with Crippen LogP contribution in [0.2, 0.25) is 0 Å². The number of aromatic amines is 2. The van der Waals surface area contributed by atoms with E-state index in [1.165, 1.54) is 31.4 Å². The van der Waals surface area contributed by atoms with E-state index < -0.39 is 0 Å². The molecule has 2 aliphatic rings. The zero-order chi connectivity index (χ0) is 34.7. The van der Waals surface area contributed by atoms with E-state index in [4.69, 9.17) is 19.4 Å². The van der Waals surface area contributed by atoms with Crippen LogP contribution in [0.5, 0.6) is 0 Å². The van der Waals surface area contributed by atoms with E-state index in [9.17, 15) is 14.9 Å². The summed E-state index contributed by atoms with van der Waals surface area (Å²) in [4.78, 5) is 42.3. The van der Waals surface area contributed by atoms with Gasteiger partial charge in [0.25, 0.3) is 0 Å². The molecule has 2 aliphatic heterocycles. The molecule has 0 aliphatic carbocycles. The van der Waals surface area contributed by atoms with Gasteiger partial charge in [-0.25, -0.2) is 9.97 Å². The molecule has 0 radical (unpaired) electrons. The fraction of sp³-hybridized carbons (Fsp3) is 0.359. The molecule has 0 amide bonds. The maximum absolute atomic E-state index is 12.3. The Morgan fingerprint density at radius 1 is 0.776 bits per heavy atom. The Bertz CT molecular complexity index is 2120. The molecule has 0 aromatic carbocycles. The van der Waals surface area contributed by atoms with E-state index in [0.29, 0.717) is 18.5 Å². The van der Waals surface area contributed by atoms with Gasteiger partial charge in [-0.2, -0.15) is 5.26 Å². The van der Waals surface area contributed by atoms with Crippen molar-refractivity contribution in [3.8, 4) is 6.07 Å². The first-order valence-corrected chi connectivity index (χ1v) is 16.4. The van der Waals surface area contributed by atoms with Gasteiger partial charge in [0.2, 0.25) is 0 Å². The van der Waals surface area contributed by atoms with E-state index in [0.717, 1.165) is 91.0 Å². The van der Waals surface area contributed by atoms with Crippen LogP contribution in [0.4, 0.5) is 0 Å². The summed E-state index contributed by atoms with van der Waals surface area (Å²) in [6.07, 6.45) is 6.21. The van der Waals surface area contributed by atoms with Crippen LogP contribution in [0.1, 0.15) is 104 Å². The van der Waals surface area contributed by atoms with Gasteiger partial charge in [-0.15, -0.1) is 0 Å². The molecule has 0 saturated heterocycles. The number of ether oxygens (including phenoxy) is 2. The smallest absolute Gasteiger partial charge is 0.305 e. The number of nitrogens with zero attached hydrogens (tertiary/aromatic N) is 3. The molecule has 0 saturated carbocycles. The Morgan fingerprint density at radius 2 is 1.39 bits per heavy atom. The number of nitrogens with one attached hydrogen (secondary N) is 2. The summed E-state index contributed by atoms with van der Waals surface area (Å²) in [5.41, 5.74) is 16.0. The second-order valence-corrected chi connectivity index (χ2v) is 12.2. The first kappa shape index (κ1) is 37.1. The molecule has 0 atom stereocenters. The quantitative estimate of drug-likeness (QED) is 0.130. The standard InChI is InChI=1S/C39H43N5O4.Ni/c1-9-25-21(3)30-19-33-26(10-2)23(5)38(43-33)29(12-11-17-40)39-24(6)28(14-16-37(46)48-8)35(44-39)20-34-27(13-15-36(45)47-7)22(4)31(42-34)18-32(25)41-30;/h11-12,18-20,42-43H,9-10,13-16H2,1-8H3;. The number of esters is 2. The molecule has 3 aromatic heterocycles. The van der Waals surface area contributed by atoms with E-state index >= 15 is 0 Å². The van der Waals surface area contributed by atoms with Gasteiger partial charge < -0.3 is 19.4 Å². The number of nitriles is 1. The number of fused-ring (bicyclic) bond motifs is 8. The average Bonchev–Trinajstić information content (AvgIpc) is 3.75. The van der Waals surface area contributed by atoms with E-state index in [1.54, 1.807) is 6.08 Å². The Balaban J connectivity index is 0.00000541. The van der Waals surface area contributed by atoms with Crippen molar-refractivity contribution in [2.45, 2.75) is 80.1 Å². The van der Waals surface area contributed by atoms with Crippen LogP contribution in [-0.4, -0.2) is 46.1 Å². The fourth-order valence-corrected chi connectivity index (χ4v) is 6.88. The zero-order valence-corrected chi connectivity index (χ0v) is 30.4. The number of methoxy groups -OCH3 is 2. The first-order valence-electron chi connectivity index (χ1n) is 16.4. The topological polar surface area (TPSA) is 134 Å². The Labute approximate surface area is 297 Å². The van der Waals surface area contributed by atoms with Crippen molar-refractivity contribution in [1.82, 2.24) is 19.9 Å². The molecule has 49 heavy (non-hydrogen) atoms. The van der Waals surface area contributed by atoms with E-state index in [2.05, 4.69) is 62.8 Å². The molecule has 8 bridgehead atoms. The maximum atomic E-state index is 12.3. The molecule has 0 unspecified atom stereocenters. The summed E-state index contributed by atoms with van der Waals surface area (Å²) in [6, 6.07) is 8.38. The van der Waals surface area contributed by atoms with Crippen molar-refractivity contribution < 1.29 is 35.6 Å². The van der Waals surface area contributed by atoms with Crippen LogP contribution in [0.3, 0.4) is 0 Å². The summed E-state index contributed by atoms with van der Waals surface area (Å²) in [5, 5.41) is 9.61. The van der Waals surface area contributed by atoms with Crippen LogP contribution < -0.4 is 0 Å². The Morgan fingerprint density at radius 3 is 2.02 bits per heavy atom. The molecule has 9 nitrogen and oxygen atoms in total. The Hall–Kier alpha value is -4.74. The van der Waals surface area contributed by atoms with E-state index in [-0.39, 0.29) is 41.3 Å². The second-order valence-electron chi connectivity index (χ2n) is 12.2. The number of hydrogen-bond donors (Lipinski definition) is 2. The van der Waals surface area contributed by atoms with Crippen LogP contribution in [-0.2, 0) is 48.4 Å². The van der Waals surface area contributed by atoms with Crippen molar-refractivity contribution in [2.24, 2.45) is 0 Å². The zero-order valence-electron chi connectivity index (χ0n) is 29.4. The molecule has 10 heteroatoms. The third-order valence-corrected chi connectivity index (χ3v) is 9.61. The molecule has 2 N–H and O–H groups in total. The van der Waals surface area contributed by atoms with Crippen LogP contribution in [0.25, 0.3) is 50.4 Å². The van der Waals surface area contributed by atoms with Crippen molar-refractivity contribution in [2.75, 3.05) is 14.2 Å². The summed E-state index contributed by atoms with van der Waals surface area (Å²) in [7, 11) is 2.79. The third-order valence-electron chi connectivity index (χ3n) is 9.61. The maximum Gasteiger partial charge on any atom is 0.305 e. The number of allylic oxidation sites excluding steroid dienone is 5. The van der Waals surface area contributed by atoms with Crippen LogP contribution in [0, 0.1) is 25.2 Å². The van der Waals surface area contributed by atoms with Crippen molar-refractivity contribution in [1.29, 1.82) is 5.26 Å². The monoisotopic (exact) mass is 703 g/mol. The second kappa shape index (κ2) is 15.7. The minimum absolute atomic E-state index is 0. The number of hydrogen-bond acceptors (Lipinski definition) is 7. The van der Waals surface area contributed by atoms with Gasteiger partial charge in [0.15, 0.2) is 0 Å². The van der Waals surface area contributed by atoms with Gasteiger partial charge >= 0.3 is 11.9 Å². The summed E-state index contributed by atoms with van der Waals surface area (Å²) < 4.78 is 9.96. The van der Waals surface area contributed by atoms with Crippen molar-refractivity contribution >= 4 is 62.4 Å². The van der Waals surface area contributed by atoms with Crippen LogP contribution >= 0.6 is 0 Å². The SMILES string of the molecule is CCC1=C(C)c2cc3[nH]c(c(C)c3CC)c(C=CC#N)c3nc(cc4[nH]c(cc1n2)c(C)c4CCC(=O)OC)C(CCC(=O)OC)=C3C.[Ni]. The summed E-state index contributed by atoms with van der Waals surface area (Å²) >= 11 is 0. The number of aromatic nitrogens is 4. The third kappa shape index (κ3) is 7.18. The van der Waals surface area contributed by atoms with E-state index in [1.807, 2.05) is 13.0 Å². The molecule has 5 rings (SSSR count). The van der Waals surface area contributed by atoms with Crippen molar-refractivity contribution in [3.05, 3.63) is 74.9 Å². The molecular formula is C39H43N5NiO4. The summed E-state index contributed by atoms with van der Waals surface area (Å²) in [5.74, 6) is -0.594. The fourth-order valence-electron chi connectivity index (χ4n) is 6.88. The Kier molecular flexibility index (Phi) is 11.8. The predicted molar refractivity (Wildman–Crippen MR) is 191 cm³/mol. The van der Waals surface area contributed by atoms with Gasteiger partial charge in [0.1, 0.15) is 0 Å². The molecule has 5 heterocycles. The van der Waals surface area contributed by atoms with Gasteiger partial charge in [0.05, 0.1) is 48.6 Å². The predicted octanol–water partition coefficient (Wildman–Crippen LogP) is 8.36. The molecule has 0 spiro atoms.